The van der Waals surface area contributed by atoms with E-state index in [-0.39, 0.29) is 18.4 Å². The fourth-order valence-electron chi connectivity index (χ4n) is 5.40. The summed E-state index contributed by atoms with van der Waals surface area (Å²) in [5.41, 5.74) is -0.785. The molecule has 0 radical (unpaired) electrons. The van der Waals surface area contributed by atoms with Crippen molar-refractivity contribution < 1.29 is 31.4 Å². The first-order valence-electron chi connectivity index (χ1n) is 13.6. The molecule has 0 saturated heterocycles. The minimum Gasteiger partial charge on any atom is -0.370 e. The molecule has 3 rings (SSSR count). The van der Waals surface area contributed by atoms with Gasteiger partial charge in [-0.3, -0.25) is 0 Å². The van der Waals surface area contributed by atoms with E-state index in [2.05, 4.69) is 18.2 Å². The molecule has 1 nitrogen and oxygen atoms in total. The van der Waals surface area contributed by atoms with Gasteiger partial charge in [-0.1, -0.05) is 82.1 Å². The highest BCUT2D eigenvalue weighted by atomic mass is 19.4. The molecule has 2 unspecified atom stereocenters. The molecule has 0 heterocycles. The van der Waals surface area contributed by atoms with Gasteiger partial charge in [-0.25, -0.2) is 0 Å². The Morgan fingerprint density at radius 2 is 1.44 bits per heavy atom. The van der Waals surface area contributed by atoms with Crippen LogP contribution in [0, 0.1) is 17.8 Å². The number of hydrogen-bond donors (Lipinski definition) is 1. The van der Waals surface area contributed by atoms with Crippen LogP contribution in [0.5, 0.6) is 0 Å². The third kappa shape index (κ3) is 8.00. The standard InChI is InChI=1S/C25H32F6O.2C2H6/c1-17(7-6-16-23(32,24(26,27)28)25(29,30)31)20-14-15-21-19(10-5-11-22(20)21)13-12-18-8-3-2-4-9-18;2*1-2/h6,12-14,16-17,21-22,32H,2-5,7-11,15H2,1H3;2*1-2H3/b16-6-,19-13+;;/t17-,21?,22?;;/m1../s1. The summed E-state index contributed by atoms with van der Waals surface area (Å²) in [5, 5.41) is 9.29. The summed E-state index contributed by atoms with van der Waals surface area (Å²) in [6.07, 6.45) is 5.79. The molecular formula is C29H44F6O. The minimum absolute atomic E-state index is 0.0205. The second kappa shape index (κ2) is 14.4. The van der Waals surface area contributed by atoms with Crippen molar-refractivity contribution in [3.05, 3.63) is 47.1 Å². The third-order valence-corrected chi connectivity index (χ3v) is 7.29. The zero-order valence-corrected chi connectivity index (χ0v) is 22.4. The molecule has 2 fully saturated rings. The lowest BCUT2D eigenvalue weighted by Gasteiger charge is -2.32. The monoisotopic (exact) mass is 522 g/mol. The molecule has 2 saturated carbocycles. The average molecular weight is 523 g/mol. The zero-order chi connectivity index (χ0) is 27.6. The minimum atomic E-state index is -5.82. The van der Waals surface area contributed by atoms with E-state index in [0.29, 0.717) is 11.8 Å². The molecule has 3 aliphatic carbocycles. The quantitative estimate of drug-likeness (QED) is 0.281. The highest BCUT2D eigenvalue weighted by Crippen LogP contribution is 2.49. The lowest BCUT2D eigenvalue weighted by Crippen LogP contribution is -2.55. The van der Waals surface area contributed by atoms with Gasteiger partial charge < -0.3 is 5.11 Å². The van der Waals surface area contributed by atoms with Crippen molar-refractivity contribution in [3.8, 4) is 0 Å². The van der Waals surface area contributed by atoms with Gasteiger partial charge in [0.25, 0.3) is 5.60 Å². The van der Waals surface area contributed by atoms with Crippen LogP contribution < -0.4 is 0 Å². The summed E-state index contributed by atoms with van der Waals surface area (Å²) in [6, 6.07) is 0. The Balaban J connectivity index is 0.00000154. The van der Waals surface area contributed by atoms with Gasteiger partial charge in [0.05, 0.1) is 0 Å². The Labute approximate surface area is 213 Å². The fraction of sp³-hybridized carbons (Fsp3) is 0.724. The Kier molecular flexibility index (Phi) is 13.0. The Morgan fingerprint density at radius 1 is 0.861 bits per heavy atom. The van der Waals surface area contributed by atoms with E-state index in [9.17, 15) is 31.4 Å². The maximum absolute atomic E-state index is 12.9. The van der Waals surface area contributed by atoms with Gasteiger partial charge in [-0.05, 0) is 81.6 Å². The summed E-state index contributed by atoms with van der Waals surface area (Å²) < 4.78 is 77.1. The molecule has 208 valence electrons. The van der Waals surface area contributed by atoms with Crippen LogP contribution in [0.4, 0.5) is 26.3 Å². The second-order valence-electron chi connectivity index (χ2n) is 9.47. The van der Waals surface area contributed by atoms with E-state index in [1.54, 1.807) is 0 Å². The fourth-order valence-corrected chi connectivity index (χ4v) is 5.40. The van der Waals surface area contributed by atoms with Crippen LogP contribution >= 0.6 is 0 Å². The summed E-state index contributed by atoms with van der Waals surface area (Å²) in [7, 11) is 0. The molecule has 0 amide bonds. The summed E-state index contributed by atoms with van der Waals surface area (Å²) in [5.74, 6) is 0.503. The third-order valence-electron chi connectivity index (χ3n) is 7.29. The molecule has 0 spiro atoms. The Bertz CT molecular complexity index is 763. The molecular weight excluding hydrogens is 478 g/mol. The van der Waals surface area contributed by atoms with E-state index in [1.165, 1.54) is 30.4 Å². The molecule has 36 heavy (non-hydrogen) atoms. The van der Waals surface area contributed by atoms with Gasteiger partial charge >= 0.3 is 12.4 Å². The molecule has 0 bridgehead atoms. The van der Waals surface area contributed by atoms with Gasteiger partial charge in [0.2, 0.25) is 0 Å². The molecule has 0 aliphatic heterocycles. The first-order valence-corrected chi connectivity index (χ1v) is 13.6. The smallest absolute Gasteiger partial charge is 0.370 e. The van der Waals surface area contributed by atoms with Crippen molar-refractivity contribution in [3.63, 3.8) is 0 Å². The predicted octanol–water partition coefficient (Wildman–Crippen LogP) is 10.0. The van der Waals surface area contributed by atoms with Gasteiger partial charge in [-0.2, -0.15) is 26.3 Å². The number of alkyl halides is 6. The first kappa shape index (κ1) is 32.5. The van der Waals surface area contributed by atoms with Gasteiger partial charge in [0, 0.05) is 0 Å². The molecule has 1 N–H and O–H groups in total. The van der Waals surface area contributed by atoms with E-state index < -0.39 is 18.0 Å². The summed E-state index contributed by atoms with van der Waals surface area (Å²) in [6.45, 7) is 9.83. The average Bonchev–Trinajstić information content (AvgIpc) is 3.29. The number of allylic oxidation sites excluding steroid dienone is 7. The molecule has 7 heteroatoms. The van der Waals surface area contributed by atoms with Crippen LogP contribution in [0.1, 0.15) is 98.8 Å². The highest BCUT2D eigenvalue weighted by Gasteiger charge is 2.68. The largest absolute Gasteiger partial charge is 0.429 e. The maximum atomic E-state index is 12.9. The van der Waals surface area contributed by atoms with Gasteiger partial charge in [0.1, 0.15) is 0 Å². The normalized spacial score (nSPS) is 24.8. The molecule has 0 aromatic carbocycles. The molecule has 0 aromatic heterocycles. The van der Waals surface area contributed by atoms with Gasteiger partial charge in [0.15, 0.2) is 0 Å². The number of fused-ring (bicyclic) bond motifs is 1. The van der Waals surface area contributed by atoms with Crippen LogP contribution in [0.25, 0.3) is 0 Å². The SMILES string of the molecule is CC.CC.C[C@H](C/C=C\C(O)(C(F)(F)F)C(F)(F)F)C1=CCC2/C(=C/C=C3CCCCC3)CCCC12. The number of rotatable bonds is 5. The van der Waals surface area contributed by atoms with E-state index in [0.717, 1.165) is 50.2 Å². The first-order chi connectivity index (χ1) is 16.9. The van der Waals surface area contributed by atoms with Crippen molar-refractivity contribution in [2.24, 2.45) is 17.8 Å². The van der Waals surface area contributed by atoms with Crippen LogP contribution in [0.3, 0.4) is 0 Å². The topological polar surface area (TPSA) is 20.2 Å². The Morgan fingerprint density at radius 3 is 2.00 bits per heavy atom. The van der Waals surface area contributed by atoms with Crippen molar-refractivity contribution in [2.45, 2.75) is 117 Å². The predicted molar refractivity (Wildman–Crippen MR) is 135 cm³/mol. The maximum Gasteiger partial charge on any atom is 0.429 e. The molecule has 0 aromatic rings. The van der Waals surface area contributed by atoms with E-state index in [1.807, 2.05) is 34.6 Å². The number of hydrogen-bond acceptors (Lipinski definition) is 1. The van der Waals surface area contributed by atoms with Crippen LogP contribution in [0.2, 0.25) is 0 Å². The van der Waals surface area contributed by atoms with Crippen molar-refractivity contribution in [1.82, 2.24) is 0 Å². The summed E-state index contributed by atoms with van der Waals surface area (Å²) in [4.78, 5) is 0. The lowest BCUT2D eigenvalue weighted by atomic mass is 9.72. The second-order valence-corrected chi connectivity index (χ2v) is 9.47. The van der Waals surface area contributed by atoms with E-state index >= 15 is 0 Å². The molecule has 3 atom stereocenters. The highest BCUT2D eigenvalue weighted by molar-refractivity contribution is 5.31. The zero-order valence-electron chi connectivity index (χ0n) is 22.4. The van der Waals surface area contributed by atoms with Crippen molar-refractivity contribution in [2.75, 3.05) is 0 Å². The van der Waals surface area contributed by atoms with E-state index in [4.69, 9.17) is 0 Å². The number of aliphatic hydroxyl groups is 1. The van der Waals surface area contributed by atoms with Crippen LogP contribution in [-0.2, 0) is 0 Å². The Hall–Kier alpha value is -1.50. The van der Waals surface area contributed by atoms with Crippen molar-refractivity contribution in [1.29, 1.82) is 0 Å². The lowest BCUT2D eigenvalue weighted by molar-refractivity contribution is -0.347. The summed E-state index contributed by atoms with van der Waals surface area (Å²) >= 11 is 0. The molecule has 3 aliphatic rings. The number of halogens is 6. The van der Waals surface area contributed by atoms with Crippen molar-refractivity contribution >= 4 is 0 Å². The van der Waals surface area contributed by atoms with Crippen LogP contribution in [-0.4, -0.2) is 23.1 Å². The van der Waals surface area contributed by atoms with Gasteiger partial charge in [-0.15, -0.1) is 0 Å². The van der Waals surface area contributed by atoms with Crippen LogP contribution in [0.15, 0.2) is 47.1 Å².